The van der Waals surface area contributed by atoms with Gasteiger partial charge in [-0.2, -0.15) is 0 Å². The molecule has 1 saturated heterocycles. The zero-order valence-electron chi connectivity index (χ0n) is 18.3. The van der Waals surface area contributed by atoms with Crippen LogP contribution in [-0.2, 0) is 11.2 Å². The Morgan fingerprint density at radius 1 is 1.03 bits per heavy atom. The number of fused-ring (bicyclic) bond motifs is 1. The lowest BCUT2D eigenvalue weighted by Crippen LogP contribution is -2.49. The van der Waals surface area contributed by atoms with Gasteiger partial charge in [-0.1, -0.05) is 41.4 Å². The van der Waals surface area contributed by atoms with Gasteiger partial charge in [0.25, 0.3) is 0 Å². The Labute approximate surface area is 207 Å². The molecule has 0 aliphatic carbocycles. The van der Waals surface area contributed by atoms with Gasteiger partial charge in [-0.15, -0.1) is 11.3 Å². The number of piperazine rings is 1. The predicted octanol–water partition coefficient (Wildman–Crippen LogP) is 5.96. The van der Waals surface area contributed by atoms with Gasteiger partial charge in [0.1, 0.15) is 0 Å². The molecule has 1 aliphatic heterocycles. The summed E-state index contributed by atoms with van der Waals surface area (Å²) < 4.78 is 2.10. The topological polar surface area (TPSA) is 40.8 Å². The largest absolute Gasteiger partial charge is 0.368 e. The number of carbonyl (C=O) groups excluding carboxylic acids is 1. The van der Waals surface area contributed by atoms with Crippen molar-refractivity contribution in [1.82, 2.24) is 14.3 Å². The summed E-state index contributed by atoms with van der Waals surface area (Å²) in [6.45, 7) is 5.20. The van der Waals surface area contributed by atoms with Crippen LogP contribution in [0.15, 0.2) is 54.0 Å². The molecule has 5 rings (SSSR count). The Bertz CT molecular complexity index is 1290. The van der Waals surface area contributed by atoms with E-state index in [-0.39, 0.29) is 5.91 Å². The number of benzene rings is 2. The minimum atomic E-state index is 0.204. The molecule has 1 aliphatic rings. The second-order valence-electron chi connectivity index (χ2n) is 8.31. The quantitative estimate of drug-likeness (QED) is 0.340. The minimum absolute atomic E-state index is 0.204. The first-order valence-corrected chi connectivity index (χ1v) is 12.6. The van der Waals surface area contributed by atoms with Crippen LogP contribution >= 0.6 is 34.5 Å². The summed E-state index contributed by atoms with van der Waals surface area (Å²) >= 11 is 13.8. The Balaban J connectivity index is 1.20. The number of hydrogen-bond donors (Lipinski definition) is 0. The van der Waals surface area contributed by atoms with Crippen molar-refractivity contribution in [2.45, 2.75) is 19.8 Å². The molecule has 0 N–H and O–H groups in total. The number of aryl methyl sites for hydroxylation is 2. The number of nitrogens with zero attached hydrogens (tertiary/aromatic N) is 4. The SMILES string of the molecule is Cc1ccc(Cl)cc1N1CCN(C(=O)CCc2csc3nc(-c4ccc(Cl)cc4)cn23)CC1. The standard InChI is InChI=1S/C25H24Cl2N4OS/c1-17-2-5-20(27)14-23(17)29-10-12-30(13-11-29)24(32)9-8-21-16-33-25-28-22(15-31(21)25)18-3-6-19(26)7-4-18/h2-7,14-16H,8-13H2,1H3. The van der Waals surface area contributed by atoms with E-state index in [0.29, 0.717) is 17.9 Å². The normalized spacial score (nSPS) is 14.3. The average Bonchev–Trinajstić information content (AvgIpc) is 3.41. The highest BCUT2D eigenvalue weighted by molar-refractivity contribution is 7.15. The number of anilines is 1. The fraction of sp³-hybridized carbons (Fsp3) is 0.280. The Morgan fingerprint density at radius 3 is 2.52 bits per heavy atom. The zero-order chi connectivity index (χ0) is 22.9. The molecule has 4 aromatic rings. The third-order valence-corrected chi connectivity index (χ3v) is 7.54. The third kappa shape index (κ3) is 4.74. The molecule has 5 nitrogen and oxygen atoms in total. The van der Waals surface area contributed by atoms with E-state index in [2.05, 4.69) is 21.6 Å². The zero-order valence-corrected chi connectivity index (χ0v) is 20.6. The molecular formula is C25H24Cl2N4OS. The number of rotatable bonds is 5. The molecule has 8 heteroatoms. The number of imidazole rings is 1. The van der Waals surface area contributed by atoms with Gasteiger partial charge in [0, 0.05) is 71.2 Å². The van der Waals surface area contributed by atoms with Crippen molar-refractivity contribution >= 4 is 51.1 Å². The molecule has 3 heterocycles. The van der Waals surface area contributed by atoms with Crippen molar-refractivity contribution in [2.24, 2.45) is 0 Å². The van der Waals surface area contributed by atoms with E-state index in [1.54, 1.807) is 11.3 Å². The average molecular weight is 499 g/mol. The first kappa shape index (κ1) is 22.3. The maximum atomic E-state index is 12.9. The van der Waals surface area contributed by atoms with Crippen molar-refractivity contribution < 1.29 is 4.79 Å². The van der Waals surface area contributed by atoms with Crippen LogP contribution in [0.1, 0.15) is 17.7 Å². The minimum Gasteiger partial charge on any atom is -0.368 e. The van der Waals surface area contributed by atoms with E-state index in [1.807, 2.05) is 53.6 Å². The molecule has 0 spiro atoms. The second-order valence-corrected chi connectivity index (χ2v) is 10.0. The van der Waals surface area contributed by atoms with Crippen LogP contribution in [0.2, 0.25) is 10.0 Å². The van der Waals surface area contributed by atoms with Gasteiger partial charge in [-0.05, 0) is 43.2 Å². The van der Waals surface area contributed by atoms with Crippen molar-refractivity contribution in [3.8, 4) is 11.3 Å². The van der Waals surface area contributed by atoms with E-state index >= 15 is 0 Å². The number of hydrogen-bond acceptors (Lipinski definition) is 4. The van der Waals surface area contributed by atoms with Crippen molar-refractivity contribution in [3.05, 3.63) is 75.3 Å². The summed E-state index contributed by atoms with van der Waals surface area (Å²) in [7, 11) is 0. The maximum Gasteiger partial charge on any atom is 0.223 e. The predicted molar refractivity (Wildman–Crippen MR) is 137 cm³/mol. The highest BCUT2D eigenvalue weighted by atomic mass is 35.5. The monoisotopic (exact) mass is 498 g/mol. The molecule has 0 saturated carbocycles. The van der Waals surface area contributed by atoms with Gasteiger partial charge in [-0.3, -0.25) is 9.20 Å². The smallest absolute Gasteiger partial charge is 0.223 e. The fourth-order valence-corrected chi connectivity index (χ4v) is 5.48. The molecular weight excluding hydrogens is 475 g/mol. The van der Waals surface area contributed by atoms with Crippen LogP contribution < -0.4 is 4.90 Å². The van der Waals surface area contributed by atoms with E-state index in [0.717, 1.165) is 58.8 Å². The van der Waals surface area contributed by atoms with Gasteiger partial charge in [0.2, 0.25) is 5.91 Å². The van der Waals surface area contributed by atoms with E-state index < -0.39 is 0 Å². The van der Waals surface area contributed by atoms with Gasteiger partial charge in [-0.25, -0.2) is 4.98 Å². The molecule has 1 amide bonds. The van der Waals surface area contributed by atoms with Crippen LogP contribution in [0.5, 0.6) is 0 Å². The second kappa shape index (κ2) is 9.37. The summed E-state index contributed by atoms with van der Waals surface area (Å²) in [5, 5.41) is 3.55. The molecule has 0 unspecified atom stereocenters. The summed E-state index contributed by atoms with van der Waals surface area (Å²) in [5.74, 6) is 0.204. The molecule has 2 aromatic heterocycles. The maximum absolute atomic E-state index is 12.9. The van der Waals surface area contributed by atoms with Crippen LogP contribution in [-0.4, -0.2) is 46.4 Å². The molecule has 0 bridgehead atoms. The third-order valence-electron chi connectivity index (χ3n) is 6.16. The van der Waals surface area contributed by atoms with Crippen LogP contribution in [0.25, 0.3) is 16.2 Å². The number of thiazole rings is 1. The highest BCUT2D eigenvalue weighted by Gasteiger charge is 2.22. The summed E-state index contributed by atoms with van der Waals surface area (Å²) in [6.07, 6.45) is 3.24. The summed E-state index contributed by atoms with van der Waals surface area (Å²) in [4.78, 5) is 22.9. The number of carbonyl (C=O) groups is 1. The first-order valence-electron chi connectivity index (χ1n) is 11.0. The van der Waals surface area contributed by atoms with Gasteiger partial charge in [0.15, 0.2) is 4.96 Å². The molecule has 170 valence electrons. The van der Waals surface area contributed by atoms with Gasteiger partial charge >= 0.3 is 0 Å². The van der Waals surface area contributed by atoms with Crippen LogP contribution in [0.3, 0.4) is 0 Å². The highest BCUT2D eigenvalue weighted by Crippen LogP contribution is 2.27. The number of halogens is 2. The van der Waals surface area contributed by atoms with Crippen molar-refractivity contribution in [3.63, 3.8) is 0 Å². The molecule has 0 atom stereocenters. The Morgan fingerprint density at radius 2 is 1.76 bits per heavy atom. The Hall–Kier alpha value is -2.54. The van der Waals surface area contributed by atoms with Crippen LogP contribution in [0, 0.1) is 6.92 Å². The molecule has 33 heavy (non-hydrogen) atoms. The van der Waals surface area contributed by atoms with Gasteiger partial charge in [0.05, 0.1) is 5.69 Å². The fourth-order valence-electron chi connectivity index (χ4n) is 4.28. The van der Waals surface area contributed by atoms with Gasteiger partial charge < -0.3 is 9.80 Å². The number of aromatic nitrogens is 2. The van der Waals surface area contributed by atoms with E-state index in [4.69, 9.17) is 28.2 Å². The van der Waals surface area contributed by atoms with Crippen molar-refractivity contribution in [1.29, 1.82) is 0 Å². The Kier molecular flexibility index (Phi) is 6.32. The lowest BCUT2D eigenvalue weighted by molar-refractivity contribution is -0.131. The first-order chi connectivity index (χ1) is 16.0. The summed E-state index contributed by atoms with van der Waals surface area (Å²) in [5.41, 5.74) is 5.43. The number of amides is 1. The molecule has 0 radical (unpaired) electrons. The summed E-state index contributed by atoms with van der Waals surface area (Å²) in [6, 6.07) is 13.7. The molecule has 1 fully saturated rings. The van der Waals surface area contributed by atoms with Crippen LogP contribution in [0.4, 0.5) is 5.69 Å². The van der Waals surface area contributed by atoms with E-state index in [9.17, 15) is 4.79 Å². The lowest BCUT2D eigenvalue weighted by Gasteiger charge is -2.37. The molecule has 2 aromatic carbocycles. The van der Waals surface area contributed by atoms with E-state index in [1.165, 1.54) is 5.56 Å². The lowest BCUT2D eigenvalue weighted by atomic mass is 10.1. The van der Waals surface area contributed by atoms with Crippen molar-refractivity contribution in [2.75, 3.05) is 31.1 Å².